The van der Waals surface area contributed by atoms with E-state index in [1.54, 1.807) is 18.2 Å². The molecular weight excluding hydrogens is 511 g/mol. The smallest absolute Gasteiger partial charge is 0.465 e. The first-order valence-corrected chi connectivity index (χ1v) is 12.4. The highest BCUT2D eigenvalue weighted by Crippen LogP contribution is 2.34. The van der Waals surface area contributed by atoms with Gasteiger partial charge in [-0.3, -0.25) is 4.79 Å². The van der Waals surface area contributed by atoms with E-state index >= 15 is 0 Å². The van der Waals surface area contributed by atoms with Gasteiger partial charge in [0.2, 0.25) is 0 Å². The molecule has 0 radical (unpaired) electrons. The minimum atomic E-state index is -1.10. The third kappa shape index (κ3) is 8.57. The maximum Gasteiger partial charge on any atom is 0.511 e. The molecule has 0 bridgehead atoms. The summed E-state index contributed by atoms with van der Waals surface area (Å²) in [7, 11) is 0. The van der Waals surface area contributed by atoms with Crippen LogP contribution < -0.4 is 5.32 Å². The molecule has 9 nitrogen and oxygen atoms in total. The number of benzene rings is 2. The zero-order chi connectivity index (χ0) is 25.9. The Balaban J connectivity index is 1.40. The lowest BCUT2D eigenvalue weighted by atomic mass is 9.83. The molecule has 1 saturated carbocycles. The molecule has 0 saturated heterocycles. The Morgan fingerprint density at radius 1 is 0.972 bits per heavy atom. The van der Waals surface area contributed by atoms with Crippen LogP contribution in [0.5, 0.6) is 0 Å². The summed E-state index contributed by atoms with van der Waals surface area (Å²) in [5.74, 6) is 0.128. The number of nitrogens with one attached hydrogen (secondary N) is 1. The van der Waals surface area contributed by atoms with Crippen molar-refractivity contribution in [1.82, 2.24) is 0 Å². The number of rotatable bonds is 11. The third-order valence-electron chi connectivity index (χ3n) is 5.91. The zero-order valence-electron chi connectivity index (χ0n) is 19.8. The summed E-state index contributed by atoms with van der Waals surface area (Å²) in [6, 6.07) is 12.7. The molecule has 194 valence electrons. The van der Waals surface area contributed by atoms with Crippen molar-refractivity contribution in [2.75, 3.05) is 18.5 Å². The number of hydrogen-bond acceptors (Lipinski definition) is 9. The van der Waals surface area contributed by atoms with E-state index in [0.29, 0.717) is 22.3 Å². The van der Waals surface area contributed by atoms with Gasteiger partial charge in [-0.05, 0) is 61.3 Å². The van der Waals surface area contributed by atoms with Gasteiger partial charge in [0.1, 0.15) is 0 Å². The summed E-state index contributed by atoms with van der Waals surface area (Å²) < 4.78 is 15.4. The van der Waals surface area contributed by atoms with Crippen LogP contribution in [0.1, 0.15) is 38.2 Å². The molecule has 2 aromatic carbocycles. The first-order valence-electron chi connectivity index (χ1n) is 11.6. The Morgan fingerprint density at radius 3 is 2.22 bits per heavy atom. The molecule has 0 spiro atoms. The standard InChI is InChI=1S/C25H28Cl2N2O7/c1-16(36-29-32)35-25(31)34-15-18-11-9-17(10-12-18)14-33-23(30)13-19-5-2-3-8-22(19)28-24-20(26)6-4-7-21(24)27/h2-8,16-18,28H,9-15H2,1H3. The molecule has 0 amide bonds. The van der Waals surface area contributed by atoms with Gasteiger partial charge in [-0.2, -0.15) is 0 Å². The van der Waals surface area contributed by atoms with Gasteiger partial charge in [-0.1, -0.05) is 47.5 Å². The Labute approximate surface area is 219 Å². The molecule has 1 unspecified atom stereocenters. The molecule has 36 heavy (non-hydrogen) atoms. The molecule has 3 rings (SSSR count). The zero-order valence-corrected chi connectivity index (χ0v) is 21.3. The van der Waals surface area contributed by atoms with Crippen LogP contribution >= 0.6 is 23.2 Å². The predicted molar refractivity (Wildman–Crippen MR) is 135 cm³/mol. The second-order valence-corrected chi connectivity index (χ2v) is 9.37. The lowest BCUT2D eigenvalue weighted by Gasteiger charge is -2.27. The van der Waals surface area contributed by atoms with Gasteiger partial charge in [-0.15, -0.1) is 4.91 Å². The van der Waals surface area contributed by atoms with E-state index in [-0.39, 0.29) is 30.8 Å². The van der Waals surface area contributed by atoms with Crippen molar-refractivity contribution < 1.29 is 28.6 Å². The quantitative estimate of drug-likeness (QED) is 0.143. The fourth-order valence-electron chi connectivity index (χ4n) is 3.97. The van der Waals surface area contributed by atoms with Gasteiger partial charge in [0, 0.05) is 12.6 Å². The summed E-state index contributed by atoms with van der Waals surface area (Å²) in [5, 5.41) is 6.38. The van der Waals surface area contributed by atoms with Crippen LogP contribution in [0.2, 0.25) is 10.0 Å². The van der Waals surface area contributed by atoms with Crippen LogP contribution in [-0.2, 0) is 30.3 Å². The molecule has 0 aliphatic heterocycles. The van der Waals surface area contributed by atoms with E-state index < -0.39 is 12.4 Å². The first kappa shape index (κ1) is 27.5. The molecule has 1 N–H and O–H groups in total. The molecule has 11 heteroatoms. The predicted octanol–water partition coefficient (Wildman–Crippen LogP) is 6.83. The van der Waals surface area contributed by atoms with Crippen molar-refractivity contribution in [2.24, 2.45) is 17.2 Å². The summed E-state index contributed by atoms with van der Waals surface area (Å²) in [6.07, 6.45) is 1.48. The second-order valence-electron chi connectivity index (χ2n) is 8.55. The van der Waals surface area contributed by atoms with Crippen molar-refractivity contribution in [2.45, 2.75) is 45.3 Å². The molecular formula is C25H28Cl2N2O7. The van der Waals surface area contributed by atoms with Crippen LogP contribution in [-0.4, -0.2) is 31.6 Å². The lowest BCUT2D eigenvalue weighted by Crippen LogP contribution is -2.25. The number of halogens is 2. The number of esters is 1. The van der Waals surface area contributed by atoms with Crippen LogP contribution in [0.25, 0.3) is 0 Å². The molecule has 1 aliphatic rings. The Morgan fingerprint density at radius 2 is 1.58 bits per heavy atom. The van der Waals surface area contributed by atoms with Gasteiger partial charge in [0.25, 0.3) is 6.29 Å². The largest absolute Gasteiger partial charge is 0.511 e. The highest BCUT2D eigenvalue weighted by atomic mass is 35.5. The molecule has 1 fully saturated rings. The van der Waals surface area contributed by atoms with Gasteiger partial charge in [0.05, 0.1) is 35.4 Å². The highest BCUT2D eigenvalue weighted by Gasteiger charge is 2.24. The van der Waals surface area contributed by atoms with E-state index in [1.165, 1.54) is 6.92 Å². The number of ether oxygens (including phenoxy) is 3. The third-order valence-corrected chi connectivity index (χ3v) is 6.54. The van der Waals surface area contributed by atoms with Gasteiger partial charge in [-0.25, -0.2) is 4.79 Å². The molecule has 1 atom stereocenters. The van der Waals surface area contributed by atoms with Crippen molar-refractivity contribution in [3.63, 3.8) is 0 Å². The number of hydrogen-bond donors (Lipinski definition) is 1. The molecule has 0 aromatic heterocycles. The summed E-state index contributed by atoms with van der Waals surface area (Å²) >= 11 is 12.5. The molecule has 2 aromatic rings. The monoisotopic (exact) mass is 538 g/mol. The fraction of sp³-hybridized carbons (Fsp3) is 0.440. The minimum Gasteiger partial charge on any atom is -0.465 e. The van der Waals surface area contributed by atoms with Crippen LogP contribution in [0.15, 0.2) is 47.8 Å². The second kappa shape index (κ2) is 13.9. The highest BCUT2D eigenvalue weighted by molar-refractivity contribution is 6.39. The van der Waals surface area contributed by atoms with E-state index in [9.17, 15) is 14.5 Å². The number of carbonyl (C=O) groups excluding carboxylic acids is 2. The molecule has 1 aliphatic carbocycles. The average Bonchev–Trinajstić information content (AvgIpc) is 2.85. The van der Waals surface area contributed by atoms with Crippen molar-refractivity contribution >= 4 is 46.7 Å². The number of carbonyl (C=O) groups is 2. The Bertz CT molecular complexity index is 1020. The van der Waals surface area contributed by atoms with E-state index in [4.69, 9.17) is 37.4 Å². The van der Waals surface area contributed by atoms with Crippen LogP contribution in [0.4, 0.5) is 16.2 Å². The van der Waals surface area contributed by atoms with Gasteiger partial charge in [0.15, 0.2) is 5.34 Å². The summed E-state index contributed by atoms with van der Waals surface area (Å²) in [6.45, 7) is 1.92. The Kier molecular flexibility index (Phi) is 10.6. The van der Waals surface area contributed by atoms with Crippen molar-refractivity contribution in [3.05, 3.63) is 63.0 Å². The Hall–Kier alpha value is -3.04. The van der Waals surface area contributed by atoms with Crippen molar-refractivity contribution in [1.29, 1.82) is 0 Å². The maximum absolute atomic E-state index is 12.6. The minimum absolute atomic E-state index is 0.109. The van der Waals surface area contributed by atoms with Crippen molar-refractivity contribution in [3.8, 4) is 0 Å². The average molecular weight is 539 g/mol. The number of anilines is 2. The summed E-state index contributed by atoms with van der Waals surface area (Å²) in [5.41, 5.74) is 2.08. The van der Waals surface area contributed by atoms with Crippen LogP contribution in [0.3, 0.4) is 0 Å². The van der Waals surface area contributed by atoms with E-state index in [0.717, 1.165) is 36.9 Å². The number of para-hydroxylation sites is 2. The maximum atomic E-state index is 12.6. The summed E-state index contributed by atoms with van der Waals surface area (Å²) in [4.78, 5) is 38.4. The van der Waals surface area contributed by atoms with Crippen LogP contribution in [0, 0.1) is 16.7 Å². The first-order chi connectivity index (χ1) is 17.4. The fourth-order valence-corrected chi connectivity index (χ4v) is 4.46. The topological polar surface area (TPSA) is 113 Å². The van der Waals surface area contributed by atoms with Gasteiger partial charge >= 0.3 is 12.1 Å². The SMILES string of the molecule is CC(ON=O)OC(=O)OCC1CCC(COC(=O)Cc2ccccc2Nc2c(Cl)cccc2Cl)CC1. The normalized spacial score (nSPS) is 18.0. The van der Waals surface area contributed by atoms with E-state index in [1.807, 2.05) is 24.3 Å². The van der Waals surface area contributed by atoms with E-state index in [2.05, 4.69) is 15.5 Å². The van der Waals surface area contributed by atoms with Gasteiger partial charge < -0.3 is 24.4 Å². The lowest BCUT2D eigenvalue weighted by molar-refractivity contribution is -0.144. The molecule has 0 heterocycles. The number of nitrogens with zero attached hydrogens (tertiary/aromatic N) is 1.